The molecule has 4 nitrogen and oxygen atoms in total. The number of thioether (sulfide) groups is 1. The second kappa shape index (κ2) is 5.50. The van der Waals surface area contributed by atoms with E-state index in [-0.39, 0.29) is 6.04 Å². The fourth-order valence-corrected chi connectivity index (χ4v) is 4.05. The van der Waals surface area contributed by atoms with E-state index < -0.39 is 10.0 Å². The summed E-state index contributed by atoms with van der Waals surface area (Å²) in [5.74, 6) is 0.770. The zero-order valence-corrected chi connectivity index (χ0v) is 12.2. The molecule has 0 fully saturated rings. The molecule has 0 saturated heterocycles. The largest absolute Gasteiger partial charge is 0.384 e. The van der Waals surface area contributed by atoms with Crippen molar-refractivity contribution in [3.05, 3.63) is 23.8 Å². The van der Waals surface area contributed by atoms with Crippen molar-refractivity contribution in [3.8, 4) is 0 Å². The predicted octanol–water partition coefficient (Wildman–Crippen LogP) is 1.68. The lowest BCUT2D eigenvalue weighted by Gasteiger charge is -2.13. The van der Waals surface area contributed by atoms with Gasteiger partial charge in [0.1, 0.15) is 0 Å². The predicted molar refractivity (Wildman–Crippen MR) is 76.8 cm³/mol. The van der Waals surface area contributed by atoms with Gasteiger partial charge in [0, 0.05) is 24.0 Å². The van der Waals surface area contributed by atoms with Gasteiger partial charge in [0.05, 0.1) is 4.90 Å². The fourth-order valence-electron chi connectivity index (χ4n) is 2.07. The van der Waals surface area contributed by atoms with Crippen molar-refractivity contribution in [3.63, 3.8) is 0 Å². The number of anilines is 1. The highest BCUT2D eigenvalue weighted by Gasteiger charge is 2.19. The van der Waals surface area contributed by atoms with E-state index in [1.54, 1.807) is 23.9 Å². The van der Waals surface area contributed by atoms with Gasteiger partial charge in [-0.25, -0.2) is 13.1 Å². The van der Waals surface area contributed by atoms with Crippen LogP contribution in [0.4, 0.5) is 5.69 Å². The van der Waals surface area contributed by atoms with E-state index in [0.717, 1.165) is 30.0 Å². The monoisotopic (exact) mass is 286 g/mol. The van der Waals surface area contributed by atoms with Crippen LogP contribution in [-0.2, 0) is 16.4 Å². The Morgan fingerprint density at radius 1 is 1.50 bits per heavy atom. The van der Waals surface area contributed by atoms with Gasteiger partial charge >= 0.3 is 0 Å². The summed E-state index contributed by atoms with van der Waals surface area (Å²) in [6.45, 7) is 2.76. The van der Waals surface area contributed by atoms with Crippen molar-refractivity contribution < 1.29 is 8.42 Å². The molecule has 0 spiro atoms. The Kier molecular flexibility index (Phi) is 4.19. The topological polar surface area (TPSA) is 58.2 Å². The highest BCUT2D eigenvalue weighted by atomic mass is 32.2. The molecule has 0 bridgehead atoms. The minimum atomic E-state index is -3.39. The molecule has 1 aromatic carbocycles. The van der Waals surface area contributed by atoms with Crippen molar-refractivity contribution in [2.75, 3.05) is 23.9 Å². The molecule has 2 N–H and O–H groups in total. The molecule has 0 amide bonds. The number of fused-ring (bicyclic) bond motifs is 1. The first kappa shape index (κ1) is 13.7. The van der Waals surface area contributed by atoms with E-state index in [2.05, 4.69) is 10.0 Å². The maximum Gasteiger partial charge on any atom is 0.240 e. The van der Waals surface area contributed by atoms with Crippen LogP contribution in [0, 0.1) is 0 Å². The van der Waals surface area contributed by atoms with Crippen molar-refractivity contribution in [2.24, 2.45) is 0 Å². The van der Waals surface area contributed by atoms with Gasteiger partial charge in [0.25, 0.3) is 0 Å². The molecule has 0 saturated carbocycles. The molecule has 1 atom stereocenters. The number of hydrogen-bond donors (Lipinski definition) is 2. The van der Waals surface area contributed by atoms with Crippen LogP contribution >= 0.6 is 11.8 Å². The molecule has 1 aromatic rings. The van der Waals surface area contributed by atoms with Gasteiger partial charge in [-0.2, -0.15) is 11.8 Å². The molecule has 1 aliphatic heterocycles. The molecule has 1 heterocycles. The highest BCUT2D eigenvalue weighted by Crippen LogP contribution is 2.25. The summed E-state index contributed by atoms with van der Waals surface area (Å²) in [5.41, 5.74) is 2.13. The van der Waals surface area contributed by atoms with E-state index in [0.29, 0.717) is 4.90 Å². The van der Waals surface area contributed by atoms with E-state index in [9.17, 15) is 8.42 Å². The second-order valence-corrected chi connectivity index (χ2v) is 7.10. The van der Waals surface area contributed by atoms with Gasteiger partial charge in [-0.1, -0.05) is 0 Å². The van der Waals surface area contributed by atoms with Gasteiger partial charge in [-0.3, -0.25) is 0 Å². The van der Waals surface area contributed by atoms with Gasteiger partial charge in [0.15, 0.2) is 0 Å². The van der Waals surface area contributed by atoms with Crippen LogP contribution in [-0.4, -0.2) is 33.0 Å². The summed E-state index contributed by atoms with van der Waals surface area (Å²) >= 11 is 1.63. The molecule has 0 radical (unpaired) electrons. The summed E-state index contributed by atoms with van der Waals surface area (Å²) in [7, 11) is -3.39. The first-order valence-corrected chi connectivity index (χ1v) is 8.78. The maximum atomic E-state index is 12.2. The van der Waals surface area contributed by atoms with Crippen LogP contribution in [0.3, 0.4) is 0 Å². The Bertz CT molecular complexity index is 529. The number of benzene rings is 1. The lowest BCUT2D eigenvalue weighted by atomic mass is 10.2. The minimum absolute atomic E-state index is 0.0589. The average molecular weight is 286 g/mol. The number of hydrogen-bond acceptors (Lipinski definition) is 4. The molecule has 100 valence electrons. The molecule has 0 aromatic heterocycles. The summed E-state index contributed by atoms with van der Waals surface area (Å²) in [6, 6.07) is 5.21. The van der Waals surface area contributed by atoms with Crippen LogP contribution in [0.1, 0.15) is 12.5 Å². The third-order valence-electron chi connectivity index (χ3n) is 2.87. The molecule has 0 aliphatic carbocycles. The Balaban J connectivity index is 2.19. The van der Waals surface area contributed by atoms with Crippen molar-refractivity contribution in [1.29, 1.82) is 0 Å². The number of sulfonamides is 1. The van der Waals surface area contributed by atoms with E-state index >= 15 is 0 Å². The van der Waals surface area contributed by atoms with Crippen LogP contribution < -0.4 is 10.0 Å². The van der Waals surface area contributed by atoms with Gasteiger partial charge in [-0.05, 0) is 43.4 Å². The fraction of sp³-hybridized carbons (Fsp3) is 0.500. The van der Waals surface area contributed by atoms with Crippen LogP contribution in [0.25, 0.3) is 0 Å². The minimum Gasteiger partial charge on any atom is -0.384 e. The second-order valence-electron chi connectivity index (χ2n) is 4.47. The van der Waals surface area contributed by atoms with Crippen LogP contribution in [0.15, 0.2) is 23.1 Å². The molecular formula is C12H18N2O2S2. The highest BCUT2D eigenvalue weighted by molar-refractivity contribution is 7.98. The third kappa shape index (κ3) is 2.99. The lowest BCUT2D eigenvalue weighted by molar-refractivity contribution is 0.571. The SMILES string of the molecule is CSCC(C)NS(=O)(=O)c1ccc2c(c1)CCN2. The van der Waals surface area contributed by atoms with Crippen LogP contribution in [0.2, 0.25) is 0 Å². The van der Waals surface area contributed by atoms with E-state index in [4.69, 9.17) is 0 Å². The van der Waals surface area contributed by atoms with Crippen LogP contribution in [0.5, 0.6) is 0 Å². The zero-order chi connectivity index (χ0) is 13.2. The molecule has 18 heavy (non-hydrogen) atoms. The summed E-state index contributed by atoms with van der Waals surface area (Å²) in [4.78, 5) is 0.359. The van der Waals surface area contributed by atoms with Gasteiger partial charge in [-0.15, -0.1) is 0 Å². The quantitative estimate of drug-likeness (QED) is 0.865. The molecule has 1 aliphatic rings. The normalized spacial score (nSPS) is 16.1. The van der Waals surface area contributed by atoms with Gasteiger partial charge in [0.2, 0.25) is 10.0 Å². The zero-order valence-electron chi connectivity index (χ0n) is 10.6. The lowest BCUT2D eigenvalue weighted by Crippen LogP contribution is -2.34. The summed E-state index contributed by atoms with van der Waals surface area (Å²) in [5, 5.41) is 3.22. The van der Waals surface area contributed by atoms with E-state index in [1.165, 1.54) is 0 Å². The first-order valence-electron chi connectivity index (χ1n) is 5.91. The van der Waals surface area contributed by atoms with Crippen molar-refractivity contribution in [1.82, 2.24) is 4.72 Å². The first-order chi connectivity index (χ1) is 8.53. The Labute approximate surface area is 113 Å². The molecule has 6 heteroatoms. The Morgan fingerprint density at radius 3 is 3.00 bits per heavy atom. The summed E-state index contributed by atoms with van der Waals surface area (Å²) < 4.78 is 27.0. The van der Waals surface area contributed by atoms with Crippen molar-refractivity contribution in [2.45, 2.75) is 24.3 Å². The molecule has 1 unspecified atom stereocenters. The van der Waals surface area contributed by atoms with E-state index in [1.807, 2.05) is 19.2 Å². The molecular weight excluding hydrogens is 268 g/mol. The maximum absolute atomic E-state index is 12.2. The smallest absolute Gasteiger partial charge is 0.240 e. The summed E-state index contributed by atoms with van der Waals surface area (Å²) in [6.07, 6.45) is 2.85. The van der Waals surface area contributed by atoms with Gasteiger partial charge < -0.3 is 5.32 Å². The third-order valence-corrected chi connectivity index (χ3v) is 5.29. The Hall–Kier alpha value is -0.720. The average Bonchev–Trinajstić information content (AvgIpc) is 2.75. The number of rotatable bonds is 5. The molecule has 2 rings (SSSR count). The number of nitrogens with one attached hydrogen (secondary N) is 2. The van der Waals surface area contributed by atoms with Crippen molar-refractivity contribution >= 4 is 27.5 Å². The Morgan fingerprint density at radius 2 is 2.28 bits per heavy atom. The standard InChI is InChI=1S/C12H18N2O2S2/c1-9(8-17-2)14-18(15,16)11-3-4-12-10(7-11)5-6-13-12/h3-4,7,9,13-14H,5-6,8H2,1-2H3.